The third-order valence-electron chi connectivity index (χ3n) is 3.32. The van der Waals surface area contributed by atoms with Crippen molar-refractivity contribution in [1.82, 2.24) is 14.3 Å². The third-order valence-corrected chi connectivity index (χ3v) is 5.63. The quantitative estimate of drug-likeness (QED) is 0.918. The van der Waals surface area contributed by atoms with Gasteiger partial charge in [-0.3, -0.25) is 0 Å². The van der Waals surface area contributed by atoms with E-state index in [-0.39, 0.29) is 17.0 Å². The first-order valence-electron chi connectivity index (χ1n) is 6.78. The lowest BCUT2D eigenvalue weighted by Crippen LogP contribution is -2.32. The summed E-state index contributed by atoms with van der Waals surface area (Å²) in [4.78, 5) is 6.27. The van der Waals surface area contributed by atoms with Crippen LogP contribution in [-0.4, -0.2) is 18.0 Å². The van der Waals surface area contributed by atoms with E-state index < -0.39 is 10.0 Å². The summed E-state index contributed by atoms with van der Waals surface area (Å²) in [6, 6.07) is 1.81. The number of aromatic nitrogens is 2. The Kier molecular flexibility index (Phi) is 4.55. The Balaban J connectivity index is 2.35. The maximum Gasteiger partial charge on any atom is 0.260 e. The summed E-state index contributed by atoms with van der Waals surface area (Å²) >= 11 is 1.69. The lowest BCUT2D eigenvalue weighted by atomic mass is 9.97. The molecule has 0 spiro atoms. The van der Waals surface area contributed by atoms with E-state index in [4.69, 9.17) is 0 Å². The monoisotopic (exact) mass is 327 g/mol. The summed E-state index contributed by atoms with van der Waals surface area (Å²) in [5, 5.41) is 0.0558. The Bertz CT molecular complexity index is 729. The highest BCUT2D eigenvalue weighted by Crippen LogP contribution is 2.31. The van der Waals surface area contributed by atoms with E-state index in [1.807, 2.05) is 27.7 Å². The molecular weight excluding hydrogens is 306 g/mol. The maximum absolute atomic E-state index is 12.5. The molecule has 2 rings (SSSR count). The van der Waals surface area contributed by atoms with Crippen molar-refractivity contribution in [1.29, 1.82) is 0 Å². The van der Waals surface area contributed by atoms with Gasteiger partial charge >= 0.3 is 0 Å². The van der Waals surface area contributed by atoms with Crippen LogP contribution in [-0.2, 0) is 17.1 Å². The first-order chi connectivity index (χ1) is 9.70. The molecule has 0 aliphatic heterocycles. The molecule has 0 bridgehead atoms. The van der Waals surface area contributed by atoms with E-state index in [0.717, 1.165) is 10.4 Å². The second-order valence-electron chi connectivity index (χ2n) is 5.59. The number of sulfonamides is 1. The summed E-state index contributed by atoms with van der Waals surface area (Å²) in [6.07, 6.45) is 2.99. The van der Waals surface area contributed by atoms with Gasteiger partial charge in [-0.1, -0.05) is 13.8 Å². The molecular formula is C14H21N3O2S2. The number of rotatable bonds is 5. The third kappa shape index (κ3) is 3.53. The zero-order chi connectivity index (χ0) is 15.8. The average molecular weight is 327 g/mol. The molecule has 116 valence electrons. The molecule has 2 aromatic rings. The normalized spacial score (nSPS) is 13.8. The SMILES string of the molecule is Cc1cc(C(NS(=O)(=O)c2cn(C)cn2)C(C)C)c(C)s1. The average Bonchev–Trinajstić information content (AvgIpc) is 2.93. The number of nitrogens with one attached hydrogen (secondary N) is 1. The van der Waals surface area contributed by atoms with E-state index in [9.17, 15) is 8.42 Å². The summed E-state index contributed by atoms with van der Waals surface area (Å²) in [5.41, 5.74) is 1.05. The minimum atomic E-state index is -3.62. The van der Waals surface area contributed by atoms with Crippen LogP contribution in [0.25, 0.3) is 0 Å². The van der Waals surface area contributed by atoms with Crippen molar-refractivity contribution >= 4 is 21.4 Å². The van der Waals surface area contributed by atoms with Gasteiger partial charge in [0.05, 0.1) is 12.4 Å². The van der Waals surface area contributed by atoms with Gasteiger partial charge in [0.1, 0.15) is 0 Å². The molecule has 0 fully saturated rings. The molecule has 0 aromatic carbocycles. The second-order valence-corrected chi connectivity index (χ2v) is 8.71. The Morgan fingerprint density at radius 3 is 2.43 bits per heavy atom. The minimum Gasteiger partial charge on any atom is -0.339 e. The predicted molar refractivity (Wildman–Crippen MR) is 84.9 cm³/mol. The van der Waals surface area contributed by atoms with Crippen molar-refractivity contribution in [3.63, 3.8) is 0 Å². The lowest BCUT2D eigenvalue weighted by Gasteiger charge is -2.22. The number of nitrogens with zero attached hydrogens (tertiary/aromatic N) is 2. The number of aryl methyl sites for hydroxylation is 3. The van der Waals surface area contributed by atoms with Crippen molar-refractivity contribution in [2.24, 2.45) is 13.0 Å². The second kappa shape index (κ2) is 5.90. The van der Waals surface area contributed by atoms with Crippen molar-refractivity contribution in [2.75, 3.05) is 0 Å². The van der Waals surface area contributed by atoms with Crippen LogP contribution in [0.2, 0.25) is 0 Å². The largest absolute Gasteiger partial charge is 0.339 e. The van der Waals surface area contributed by atoms with E-state index in [1.54, 1.807) is 23.0 Å². The van der Waals surface area contributed by atoms with Crippen LogP contribution >= 0.6 is 11.3 Å². The van der Waals surface area contributed by atoms with Crippen LogP contribution in [0.15, 0.2) is 23.6 Å². The van der Waals surface area contributed by atoms with Gasteiger partial charge in [0, 0.05) is 23.0 Å². The van der Waals surface area contributed by atoms with Gasteiger partial charge in [0.25, 0.3) is 10.0 Å². The Morgan fingerprint density at radius 2 is 2.00 bits per heavy atom. The predicted octanol–water partition coefficient (Wildman–Crippen LogP) is 2.77. The molecule has 0 radical (unpaired) electrons. The Morgan fingerprint density at radius 1 is 1.33 bits per heavy atom. The smallest absolute Gasteiger partial charge is 0.260 e. The molecule has 0 aliphatic rings. The summed E-state index contributed by atoms with van der Waals surface area (Å²) in [7, 11) is -1.87. The van der Waals surface area contributed by atoms with Crippen LogP contribution < -0.4 is 4.72 Å². The maximum atomic E-state index is 12.5. The van der Waals surface area contributed by atoms with Crippen LogP contribution in [0.3, 0.4) is 0 Å². The molecule has 2 heterocycles. The van der Waals surface area contributed by atoms with Crippen LogP contribution in [0.1, 0.15) is 35.2 Å². The van der Waals surface area contributed by atoms with Gasteiger partial charge in [-0.05, 0) is 31.4 Å². The van der Waals surface area contributed by atoms with Gasteiger partial charge in [-0.15, -0.1) is 11.3 Å². The highest BCUT2D eigenvalue weighted by atomic mass is 32.2. The van der Waals surface area contributed by atoms with Crippen LogP contribution in [0.5, 0.6) is 0 Å². The molecule has 21 heavy (non-hydrogen) atoms. The highest BCUT2D eigenvalue weighted by Gasteiger charge is 2.27. The molecule has 7 heteroatoms. The molecule has 1 N–H and O–H groups in total. The van der Waals surface area contributed by atoms with Crippen LogP contribution in [0, 0.1) is 19.8 Å². The zero-order valence-electron chi connectivity index (χ0n) is 12.9. The Hall–Kier alpha value is -1.18. The fraction of sp³-hybridized carbons (Fsp3) is 0.500. The standard InChI is InChI=1S/C14H21N3O2S2/c1-9(2)14(12-6-10(3)20-11(12)4)16-21(18,19)13-7-17(5)8-15-13/h6-9,14,16H,1-5H3. The molecule has 5 nitrogen and oxygen atoms in total. The number of hydrogen-bond donors (Lipinski definition) is 1. The fourth-order valence-electron chi connectivity index (χ4n) is 2.27. The van der Waals surface area contributed by atoms with Crippen molar-refractivity contribution in [3.05, 3.63) is 33.9 Å². The van der Waals surface area contributed by atoms with E-state index in [1.165, 1.54) is 17.4 Å². The summed E-state index contributed by atoms with van der Waals surface area (Å²) < 4.78 is 29.4. The Labute approximate surface area is 130 Å². The van der Waals surface area contributed by atoms with Gasteiger partial charge in [-0.25, -0.2) is 18.1 Å². The number of hydrogen-bond acceptors (Lipinski definition) is 4. The van der Waals surface area contributed by atoms with Crippen LogP contribution in [0.4, 0.5) is 0 Å². The zero-order valence-corrected chi connectivity index (χ0v) is 14.5. The molecule has 0 aliphatic carbocycles. The topological polar surface area (TPSA) is 64.0 Å². The first kappa shape index (κ1) is 16.2. The van der Waals surface area contributed by atoms with Gasteiger partial charge in [0.2, 0.25) is 0 Å². The molecule has 1 unspecified atom stereocenters. The molecule has 2 aromatic heterocycles. The van der Waals surface area contributed by atoms with Gasteiger partial charge in [-0.2, -0.15) is 0 Å². The summed E-state index contributed by atoms with van der Waals surface area (Å²) in [5.74, 6) is 0.149. The first-order valence-corrected chi connectivity index (χ1v) is 9.08. The van der Waals surface area contributed by atoms with Gasteiger partial charge in [0.15, 0.2) is 5.03 Å². The lowest BCUT2D eigenvalue weighted by molar-refractivity contribution is 0.461. The molecule has 0 amide bonds. The van der Waals surface area contributed by atoms with E-state index in [2.05, 4.69) is 15.8 Å². The van der Waals surface area contributed by atoms with Crippen molar-refractivity contribution in [2.45, 2.75) is 38.8 Å². The number of imidazole rings is 1. The molecule has 0 saturated carbocycles. The molecule has 1 atom stereocenters. The fourth-order valence-corrected chi connectivity index (χ4v) is 4.59. The van der Waals surface area contributed by atoms with E-state index >= 15 is 0 Å². The number of thiophene rings is 1. The summed E-state index contributed by atoms with van der Waals surface area (Å²) in [6.45, 7) is 8.08. The highest BCUT2D eigenvalue weighted by molar-refractivity contribution is 7.89. The van der Waals surface area contributed by atoms with Gasteiger partial charge < -0.3 is 4.57 Å². The molecule has 0 saturated heterocycles. The van der Waals surface area contributed by atoms with E-state index in [0.29, 0.717) is 0 Å². The van der Waals surface area contributed by atoms with Crippen molar-refractivity contribution in [3.8, 4) is 0 Å². The van der Waals surface area contributed by atoms with Crippen molar-refractivity contribution < 1.29 is 8.42 Å². The minimum absolute atomic E-state index is 0.0558.